The molecular weight excluding hydrogens is 598 g/mol. The van der Waals surface area contributed by atoms with E-state index in [1.165, 1.54) is 39.2 Å². The van der Waals surface area contributed by atoms with Gasteiger partial charge in [0.1, 0.15) is 17.1 Å². The predicted octanol–water partition coefficient (Wildman–Crippen LogP) is 7.42. The Balaban J connectivity index is 1.31. The molecule has 0 radical (unpaired) electrons. The summed E-state index contributed by atoms with van der Waals surface area (Å²) in [5.41, 5.74) is 3.01. The third-order valence-electron chi connectivity index (χ3n) is 9.67. The topological polar surface area (TPSA) is 138 Å². The fourth-order valence-corrected chi connectivity index (χ4v) is 7.08. The Labute approximate surface area is 275 Å². The molecule has 2 fully saturated rings. The molecule has 3 N–H and O–H groups in total. The number of urea groups is 1. The summed E-state index contributed by atoms with van der Waals surface area (Å²) in [7, 11) is 1.33. The maximum Gasteiger partial charge on any atom is 0.341 e. The monoisotopic (exact) mass is 643 g/mol. The summed E-state index contributed by atoms with van der Waals surface area (Å²) >= 11 is 0. The van der Waals surface area contributed by atoms with Gasteiger partial charge in [-0.1, -0.05) is 56.4 Å². The molecule has 47 heavy (non-hydrogen) atoms. The van der Waals surface area contributed by atoms with Crippen molar-refractivity contribution in [3.8, 4) is 11.3 Å². The summed E-state index contributed by atoms with van der Waals surface area (Å²) in [6.07, 6.45) is 10.6. The first-order valence-electron chi connectivity index (χ1n) is 16.7. The Kier molecular flexibility index (Phi) is 11.3. The van der Waals surface area contributed by atoms with Crippen LogP contribution < -0.4 is 10.6 Å². The van der Waals surface area contributed by atoms with E-state index in [4.69, 9.17) is 14.3 Å². The van der Waals surface area contributed by atoms with Gasteiger partial charge < -0.3 is 29.8 Å². The van der Waals surface area contributed by atoms with Crippen LogP contribution in [0.5, 0.6) is 0 Å². The first kappa shape index (κ1) is 33.8. The average molecular weight is 644 g/mol. The van der Waals surface area contributed by atoms with E-state index in [1.807, 2.05) is 41.3 Å². The molecule has 0 bridgehead atoms. The number of nitrogens with one attached hydrogen (secondary N) is 2. The van der Waals surface area contributed by atoms with E-state index in [0.717, 1.165) is 48.6 Å². The van der Waals surface area contributed by atoms with Gasteiger partial charge in [0.15, 0.2) is 0 Å². The summed E-state index contributed by atoms with van der Waals surface area (Å²) in [6.45, 7) is 2.15. The van der Waals surface area contributed by atoms with Gasteiger partial charge in [0, 0.05) is 35.9 Å². The van der Waals surface area contributed by atoms with Crippen molar-refractivity contribution in [2.45, 2.75) is 83.7 Å². The smallest absolute Gasteiger partial charge is 0.341 e. The summed E-state index contributed by atoms with van der Waals surface area (Å²) < 4.78 is 10.7. The third kappa shape index (κ3) is 8.81. The molecule has 0 spiro atoms. The maximum absolute atomic E-state index is 14.0. The van der Waals surface area contributed by atoms with E-state index in [1.54, 1.807) is 25.1 Å². The molecule has 250 valence electrons. The van der Waals surface area contributed by atoms with Crippen LogP contribution in [0.3, 0.4) is 0 Å². The quantitative estimate of drug-likeness (QED) is 0.185. The van der Waals surface area contributed by atoms with Crippen LogP contribution in [-0.2, 0) is 16.1 Å². The number of carbonyl (C=O) groups is 4. The lowest BCUT2D eigenvalue weighted by atomic mass is 9.72. The molecule has 0 atom stereocenters. The minimum absolute atomic E-state index is 0.0561. The molecule has 10 nitrogen and oxygen atoms in total. The zero-order valence-electron chi connectivity index (χ0n) is 27.3. The summed E-state index contributed by atoms with van der Waals surface area (Å²) in [4.78, 5) is 51.3. The largest absolute Gasteiger partial charge is 0.481 e. The number of ether oxygens (including phenoxy) is 1. The van der Waals surface area contributed by atoms with Crippen molar-refractivity contribution in [1.82, 2.24) is 10.2 Å². The minimum atomic E-state index is -0.970. The summed E-state index contributed by atoms with van der Waals surface area (Å²) in [5, 5.41) is 14.6. The van der Waals surface area contributed by atoms with Crippen LogP contribution in [-0.4, -0.2) is 53.6 Å². The number of esters is 1. The van der Waals surface area contributed by atoms with Crippen molar-refractivity contribution < 1.29 is 33.4 Å². The van der Waals surface area contributed by atoms with Gasteiger partial charge in [-0.2, -0.15) is 0 Å². The highest BCUT2D eigenvalue weighted by Crippen LogP contribution is 2.40. The summed E-state index contributed by atoms with van der Waals surface area (Å²) in [5.74, 6) is 0.709. The molecule has 2 aliphatic carbocycles. The number of aryl methyl sites for hydroxylation is 1. The Morgan fingerprint density at radius 3 is 2.30 bits per heavy atom. The Hall–Kier alpha value is -4.60. The lowest BCUT2D eigenvalue weighted by molar-refractivity contribution is -0.136. The molecule has 1 aromatic heterocycles. The second-order valence-corrected chi connectivity index (χ2v) is 12.8. The highest BCUT2D eigenvalue weighted by Gasteiger charge is 2.33. The number of amides is 3. The van der Waals surface area contributed by atoms with Crippen molar-refractivity contribution in [3.63, 3.8) is 0 Å². The van der Waals surface area contributed by atoms with Crippen LogP contribution in [0.25, 0.3) is 11.3 Å². The van der Waals surface area contributed by atoms with E-state index < -0.39 is 11.9 Å². The molecule has 2 aromatic carbocycles. The number of furan rings is 1. The molecule has 2 aliphatic rings. The molecule has 3 aromatic rings. The molecule has 10 heteroatoms. The number of nitrogens with zero attached hydrogens (tertiary/aromatic N) is 1. The lowest BCUT2D eigenvalue weighted by Gasteiger charge is -2.40. The van der Waals surface area contributed by atoms with Gasteiger partial charge in [0.25, 0.3) is 5.91 Å². The fourth-order valence-electron chi connectivity index (χ4n) is 7.08. The zero-order chi connectivity index (χ0) is 33.3. The molecule has 1 heterocycles. The Morgan fingerprint density at radius 1 is 0.915 bits per heavy atom. The number of carbonyl (C=O) groups excluding carboxylic acids is 3. The number of hydrogen-bond donors (Lipinski definition) is 3. The molecule has 0 unspecified atom stereocenters. The van der Waals surface area contributed by atoms with E-state index in [-0.39, 0.29) is 30.9 Å². The van der Waals surface area contributed by atoms with Crippen LogP contribution in [0, 0.1) is 18.8 Å². The van der Waals surface area contributed by atoms with Gasteiger partial charge in [-0.15, -0.1) is 0 Å². The van der Waals surface area contributed by atoms with Crippen LogP contribution >= 0.6 is 0 Å². The summed E-state index contributed by atoms with van der Waals surface area (Å²) in [6, 6.07) is 16.0. The predicted molar refractivity (Wildman–Crippen MR) is 178 cm³/mol. The number of methoxy groups -OCH3 is 1. The van der Waals surface area contributed by atoms with Gasteiger partial charge in [-0.05, 0) is 80.3 Å². The Morgan fingerprint density at radius 2 is 1.62 bits per heavy atom. The van der Waals surface area contributed by atoms with Crippen molar-refractivity contribution in [2.24, 2.45) is 11.8 Å². The minimum Gasteiger partial charge on any atom is -0.481 e. The van der Waals surface area contributed by atoms with Crippen LogP contribution in [0.2, 0.25) is 0 Å². The lowest BCUT2D eigenvalue weighted by Crippen LogP contribution is -2.44. The number of hydrogen-bond acceptors (Lipinski definition) is 6. The van der Waals surface area contributed by atoms with Crippen LogP contribution in [0.1, 0.15) is 96.2 Å². The van der Waals surface area contributed by atoms with Crippen molar-refractivity contribution in [3.05, 3.63) is 77.0 Å². The van der Waals surface area contributed by atoms with E-state index >= 15 is 0 Å². The zero-order valence-corrected chi connectivity index (χ0v) is 27.3. The number of aliphatic carboxylic acids is 1. The van der Waals surface area contributed by atoms with E-state index in [0.29, 0.717) is 34.9 Å². The second kappa shape index (κ2) is 15.8. The molecule has 2 saturated carbocycles. The normalized spacial score (nSPS) is 18.3. The van der Waals surface area contributed by atoms with Crippen molar-refractivity contribution in [1.29, 1.82) is 0 Å². The van der Waals surface area contributed by atoms with E-state index in [9.17, 15) is 19.2 Å². The first-order valence-corrected chi connectivity index (χ1v) is 16.7. The molecule has 0 saturated heterocycles. The maximum atomic E-state index is 14.0. The number of anilines is 1. The number of carboxylic acids is 1. The first-order chi connectivity index (χ1) is 22.7. The third-order valence-corrected chi connectivity index (χ3v) is 9.67. The van der Waals surface area contributed by atoms with Gasteiger partial charge in [0.05, 0.1) is 13.5 Å². The molecule has 5 rings (SSSR count). The van der Waals surface area contributed by atoms with Crippen LogP contribution in [0.15, 0.2) is 59.0 Å². The van der Waals surface area contributed by atoms with Gasteiger partial charge in [-0.25, -0.2) is 9.59 Å². The number of carboxylic acid groups (broad SMARTS) is 1. The molecule has 0 aliphatic heterocycles. The number of benzene rings is 2. The fraction of sp³-hybridized carbons (Fsp3) is 0.459. The van der Waals surface area contributed by atoms with Crippen molar-refractivity contribution >= 4 is 29.6 Å². The average Bonchev–Trinajstić information content (AvgIpc) is 3.49. The van der Waals surface area contributed by atoms with Gasteiger partial charge in [-0.3, -0.25) is 9.59 Å². The SMILES string of the molecule is COC(=O)c1cc(-c2cccc(NC(=O)N(Cc3ccc(C(=O)NCCC(=O)O)cc3)C3CCC(C4CCCCC4)CC3)c2)oc1C. The highest BCUT2D eigenvalue weighted by atomic mass is 16.5. The highest BCUT2D eigenvalue weighted by molar-refractivity contribution is 5.94. The standard InChI is InChI=1S/C37H45N3O7/c1-24-32(36(44)46-2)22-33(47-24)29-9-6-10-30(21-29)39-37(45)40(31-17-15-27(16-18-31)26-7-4-3-5-8-26)23-25-11-13-28(14-12-25)35(43)38-20-19-34(41)42/h6,9-14,21-22,26-27,31H,3-5,7-8,15-20,23H2,1-2H3,(H,38,43)(H,39,45)(H,41,42). The van der Waals surface area contributed by atoms with Gasteiger partial charge in [0.2, 0.25) is 0 Å². The Bertz CT molecular complexity index is 1550. The van der Waals surface area contributed by atoms with Crippen LogP contribution in [0.4, 0.5) is 10.5 Å². The van der Waals surface area contributed by atoms with E-state index in [2.05, 4.69) is 10.6 Å². The number of rotatable bonds is 11. The molecule has 3 amide bonds. The van der Waals surface area contributed by atoms with Crippen molar-refractivity contribution in [2.75, 3.05) is 19.0 Å². The second-order valence-electron chi connectivity index (χ2n) is 12.8. The molecular formula is C37H45N3O7. The van der Waals surface area contributed by atoms with Gasteiger partial charge >= 0.3 is 18.0 Å².